The first-order valence-electron chi connectivity index (χ1n) is 7.16. The first kappa shape index (κ1) is 17.1. The van der Waals surface area contributed by atoms with Crippen LogP contribution in [0, 0.1) is 0 Å². The maximum atomic E-state index is 11.9. The molecule has 9 heteroatoms. The van der Waals surface area contributed by atoms with Crippen molar-refractivity contribution < 1.29 is 13.2 Å². The third kappa shape index (κ3) is 5.13. The Kier molecular flexibility index (Phi) is 5.43. The molecule has 1 heterocycles. The van der Waals surface area contributed by atoms with Crippen LogP contribution < -0.4 is 5.32 Å². The van der Waals surface area contributed by atoms with Crippen LogP contribution in [-0.2, 0) is 21.2 Å². The summed E-state index contributed by atoms with van der Waals surface area (Å²) in [6.07, 6.45) is 3.67. The number of hydrogen-bond acceptors (Lipinski definition) is 6. The van der Waals surface area contributed by atoms with E-state index in [0.29, 0.717) is 19.4 Å². The van der Waals surface area contributed by atoms with Gasteiger partial charge in [-0.1, -0.05) is 12.1 Å². The highest BCUT2D eigenvalue weighted by Gasteiger charge is 2.11. The standard InChI is InChI=1S/C14H19N5O3S/c1-11(12-5-7-13(8-6-12)23(2,21)22)16-14(20)4-3-9-19-10-15-17-18-19/h5-8,10-11H,3-4,9H2,1-2H3,(H,16,20). The molecule has 1 amide bonds. The molecule has 0 saturated heterocycles. The van der Waals surface area contributed by atoms with E-state index in [9.17, 15) is 13.2 Å². The molecule has 2 rings (SSSR count). The van der Waals surface area contributed by atoms with E-state index in [1.165, 1.54) is 6.33 Å². The summed E-state index contributed by atoms with van der Waals surface area (Å²) in [7, 11) is -3.21. The van der Waals surface area contributed by atoms with Crippen LogP contribution in [0.15, 0.2) is 35.5 Å². The van der Waals surface area contributed by atoms with E-state index in [2.05, 4.69) is 20.8 Å². The highest BCUT2D eigenvalue weighted by Crippen LogP contribution is 2.16. The van der Waals surface area contributed by atoms with Crippen LogP contribution >= 0.6 is 0 Å². The number of benzene rings is 1. The largest absolute Gasteiger partial charge is 0.350 e. The summed E-state index contributed by atoms with van der Waals surface area (Å²) >= 11 is 0. The molecule has 2 aromatic rings. The minimum atomic E-state index is -3.21. The zero-order valence-electron chi connectivity index (χ0n) is 13.0. The van der Waals surface area contributed by atoms with Crippen LogP contribution in [0.3, 0.4) is 0 Å². The van der Waals surface area contributed by atoms with Crippen molar-refractivity contribution in [1.29, 1.82) is 0 Å². The lowest BCUT2D eigenvalue weighted by molar-refractivity contribution is -0.121. The monoisotopic (exact) mass is 337 g/mol. The van der Waals surface area contributed by atoms with Gasteiger partial charge in [-0.3, -0.25) is 4.79 Å². The molecular weight excluding hydrogens is 318 g/mol. The summed E-state index contributed by atoms with van der Waals surface area (Å²) in [5.74, 6) is -0.0715. The number of nitrogens with one attached hydrogen (secondary N) is 1. The van der Waals surface area contributed by atoms with Crippen LogP contribution in [0.2, 0.25) is 0 Å². The number of rotatable bonds is 7. The highest BCUT2D eigenvalue weighted by molar-refractivity contribution is 7.90. The molecule has 0 saturated carbocycles. The van der Waals surface area contributed by atoms with Crippen molar-refractivity contribution >= 4 is 15.7 Å². The maximum absolute atomic E-state index is 11.9. The molecule has 23 heavy (non-hydrogen) atoms. The van der Waals surface area contributed by atoms with Gasteiger partial charge in [-0.25, -0.2) is 13.1 Å². The molecule has 0 aliphatic heterocycles. The number of hydrogen-bond donors (Lipinski definition) is 1. The van der Waals surface area contributed by atoms with Crippen molar-refractivity contribution in [3.63, 3.8) is 0 Å². The fourth-order valence-electron chi connectivity index (χ4n) is 2.09. The van der Waals surface area contributed by atoms with Crippen LogP contribution in [0.1, 0.15) is 31.4 Å². The predicted octanol–water partition coefficient (Wildman–Crippen LogP) is 0.734. The summed E-state index contributed by atoms with van der Waals surface area (Å²) in [6, 6.07) is 6.32. The van der Waals surface area contributed by atoms with E-state index in [4.69, 9.17) is 0 Å². The van der Waals surface area contributed by atoms with Crippen molar-refractivity contribution in [2.24, 2.45) is 0 Å². The summed E-state index contributed by atoms with van der Waals surface area (Å²) in [6.45, 7) is 2.44. The summed E-state index contributed by atoms with van der Waals surface area (Å²) in [5.41, 5.74) is 0.853. The molecule has 1 atom stereocenters. The van der Waals surface area contributed by atoms with Crippen molar-refractivity contribution in [3.05, 3.63) is 36.2 Å². The van der Waals surface area contributed by atoms with Gasteiger partial charge in [-0.2, -0.15) is 0 Å². The van der Waals surface area contributed by atoms with E-state index in [1.807, 2.05) is 6.92 Å². The molecule has 124 valence electrons. The highest BCUT2D eigenvalue weighted by atomic mass is 32.2. The van der Waals surface area contributed by atoms with Crippen molar-refractivity contribution in [1.82, 2.24) is 25.5 Å². The van der Waals surface area contributed by atoms with Gasteiger partial charge in [-0.05, 0) is 41.5 Å². The number of sulfone groups is 1. The number of aryl methyl sites for hydroxylation is 1. The molecule has 0 radical (unpaired) electrons. The van der Waals surface area contributed by atoms with E-state index in [1.54, 1.807) is 28.9 Å². The Labute approximate surface area is 134 Å². The van der Waals surface area contributed by atoms with Crippen molar-refractivity contribution in [2.75, 3.05) is 6.26 Å². The molecule has 8 nitrogen and oxygen atoms in total. The summed E-state index contributed by atoms with van der Waals surface area (Å²) < 4.78 is 24.4. The SMILES string of the molecule is CC(NC(=O)CCCn1cnnn1)c1ccc(S(C)(=O)=O)cc1. The lowest BCUT2D eigenvalue weighted by Gasteiger charge is -2.14. The molecule has 0 fully saturated rings. The van der Waals surface area contributed by atoms with Gasteiger partial charge in [0.05, 0.1) is 10.9 Å². The molecule has 1 N–H and O–H groups in total. The topological polar surface area (TPSA) is 107 Å². The first-order chi connectivity index (χ1) is 10.9. The van der Waals surface area contributed by atoms with Gasteiger partial charge in [0, 0.05) is 19.2 Å². The fraction of sp³-hybridized carbons (Fsp3) is 0.429. The third-order valence-corrected chi connectivity index (χ3v) is 4.50. The van der Waals surface area contributed by atoms with Gasteiger partial charge >= 0.3 is 0 Å². The minimum absolute atomic E-state index is 0.0715. The van der Waals surface area contributed by atoms with Gasteiger partial charge in [0.15, 0.2) is 9.84 Å². The first-order valence-corrected chi connectivity index (χ1v) is 9.05. The van der Waals surface area contributed by atoms with Crippen LogP contribution in [0.4, 0.5) is 0 Å². The minimum Gasteiger partial charge on any atom is -0.350 e. The number of amides is 1. The Morgan fingerprint density at radius 1 is 1.30 bits per heavy atom. The Hall–Kier alpha value is -2.29. The van der Waals surface area contributed by atoms with E-state index in [-0.39, 0.29) is 16.8 Å². The van der Waals surface area contributed by atoms with E-state index < -0.39 is 9.84 Å². The number of nitrogens with zero attached hydrogens (tertiary/aromatic N) is 4. The third-order valence-electron chi connectivity index (χ3n) is 3.37. The number of tetrazole rings is 1. The normalized spacial score (nSPS) is 12.8. The molecule has 1 unspecified atom stereocenters. The fourth-order valence-corrected chi connectivity index (χ4v) is 2.72. The van der Waals surface area contributed by atoms with Crippen LogP contribution in [0.5, 0.6) is 0 Å². The molecule has 0 bridgehead atoms. The quantitative estimate of drug-likeness (QED) is 0.798. The van der Waals surface area contributed by atoms with E-state index in [0.717, 1.165) is 11.8 Å². The Morgan fingerprint density at radius 3 is 2.57 bits per heavy atom. The smallest absolute Gasteiger partial charge is 0.220 e. The Balaban J connectivity index is 1.83. The van der Waals surface area contributed by atoms with Crippen LogP contribution in [-0.4, -0.2) is 40.8 Å². The number of carbonyl (C=O) groups is 1. The number of aromatic nitrogens is 4. The van der Waals surface area contributed by atoms with Gasteiger partial charge in [0.25, 0.3) is 0 Å². The second kappa shape index (κ2) is 7.32. The molecule has 0 spiro atoms. The average Bonchev–Trinajstić information content (AvgIpc) is 2.99. The predicted molar refractivity (Wildman–Crippen MR) is 83.2 cm³/mol. The van der Waals surface area contributed by atoms with E-state index >= 15 is 0 Å². The van der Waals surface area contributed by atoms with Gasteiger partial charge < -0.3 is 5.32 Å². The second-order valence-electron chi connectivity index (χ2n) is 5.31. The Bertz CT molecular complexity index is 741. The molecule has 0 aliphatic carbocycles. The maximum Gasteiger partial charge on any atom is 0.220 e. The molecular formula is C14H19N5O3S. The lowest BCUT2D eigenvalue weighted by Crippen LogP contribution is -2.26. The van der Waals surface area contributed by atoms with Gasteiger partial charge in [0.2, 0.25) is 5.91 Å². The van der Waals surface area contributed by atoms with Crippen LogP contribution in [0.25, 0.3) is 0 Å². The Morgan fingerprint density at radius 2 is 2.00 bits per heavy atom. The van der Waals surface area contributed by atoms with Crippen molar-refractivity contribution in [2.45, 2.75) is 37.2 Å². The number of carbonyl (C=O) groups excluding carboxylic acids is 1. The zero-order chi connectivity index (χ0) is 16.9. The van der Waals surface area contributed by atoms with Gasteiger partial charge in [-0.15, -0.1) is 5.10 Å². The summed E-state index contributed by atoms with van der Waals surface area (Å²) in [4.78, 5) is 12.2. The second-order valence-corrected chi connectivity index (χ2v) is 7.32. The molecule has 1 aromatic heterocycles. The zero-order valence-corrected chi connectivity index (χ0v) is 13.8. The molecule has 1 aromatic carbocycles. The lowest BCUT2D eigenvalue weighted by atomic mass is 10.1. The summed E-state index contributed by atoms with van der Waals surface area (Å²) in [5, 5.41) is 13.7. The molecule has 0 aliphatic rings. The van der Waals surface area contributed by atoms with Crippen molar-refractivity contribution in [3.8, 4) is 0 Å². The van der Waals surface area contributed by atoms with Gasteiger partial charge in [0.1, 0.15) is 6.33 Å². The average molecular weight is 337 g/mol.